The topological polar surface area (TPSA) is 83.4 Å². The number of carbonyl (C=O) groups is 1. The zero-order valence-electron chi connectivity index (χ0n) is 11.0. The average Bonchev–Trinajstić information content (AvgIpc) is 2.38. The van der Waals surface area contributed by atoms with Crippen molar-refractivity contribution in [1.29, 1.82) is 5.26 Å². The van der Waals surface area contributed by atoms with Crippen LogP contribution < -0.4 is 10.6 Å². The first-order valence-corrected chi connectivity index (χ1v) is 5.94. The Hall–Kier alpha value is -1.58. The largest absolute Gasteiger partial charge is 0.390 e. The number of rotatable bonds is 10. The number of carbonyl (C=O) groups excluding carboxylic acids is 1. The van der Waals surface area contributed by atoms with Crippen LogP contribution in [0.4, 0.5) is 0 Å². The molecule has 0 saturated carbocycles. The molecule has 0 fully saturated rings. The molecule has 2 N–H and O–H groups in total. The van der Waals surface area contributed by atoms with E-state index < -0.39 is 5.91 Å². The number of nitriles is 1. The summed E-state index contributed by atoms with van der Waals surface area (Å²) in [6, 6.07) is 1.85. The first kappa shape index (κ1) is 16.4. The van der Waals surface area contributed by atoms with E-state index >= 15 is 0 Å². The minimum absolute atomic E-state index is 0.0579. The van der Waals surface area contributed by atoms with Gasteiger partial charge in [-0.1, -0.05) is 0 Å². The highest BCUT2D eigenvalue weighted by Gasteiger charge is 2.06. The summed E-state index contributed by atoms with van der Waals surface area (Å²) in [6.07, 6.45) is 2.25. The zero-order chi connectivity index (χ0) is 13.6. The lowest BCUT2D eigenvalue weighted by molar-refractivity contribution is -0.117. The molecule has 6 heteroatoms. The Balaban J connectivity index is 3.85. The number of methoxy groups -OCH3 is 1. The van der Waals surface area contributed by atoms with E-state index in [2.05, 4.69) is 10.6 Å². The van der Waals surface area contributed by atoms with E-state index in [1.165, 1.54) is 6.20 Å². The van der Waals surface area contributed by atoms with E-state index in [1.54, 1.807) is 7.11 Å². The van der Waals surface area contributed by atoms with Gasteiger partial charge in [0.2, 0.25) is 0 Å². The van der Waals surface area contributed by atoms with Gasteiger partial charge in [-0.3, -0.25) is 4.79 Å². The van der Waals surface area contributed by atoms with Gasteiger partial charge in [0.05, 0.1) is 6.61 Å². The van der Waals surface area contributed by atoms with Crippen LogP contribution in [0.3, 0.4) is 0 Å². The summed E-state index contributed by atoms with van der Waals surface area (Å²) in [5, 5.41) is 14.3. The Labute approximate surface area is 108 Å². The maximum Gasteiger partial charge on any atom is 0.263 e. The Bertz CT molecular complexity index is 297. The minimum Gasteiger partial charge on any atom is -0.390 e. The summed E-state index contributed by atoms with van der Waals surface area (Å²) in [4.78, 5) is 11.5. The number of hydrogen-bond acceptors (Lipinski definition) is 5. The van der Waals surface area contributed by atoms with Crippen LogP contribution in [0.2, 0.25) is 0 Å². The fourth-order valence-electron chi connectivity index (χ4n) is 1.11. The molecule has 0 bridgehead atoms. The summed E-state index contributed by atoms with van der Waals surface area (Å²) < 4.78 is 9.96. The Morgan fingerprint density at radius 3 is 2.78 bits per heavy atom. The highest BCUT2D eigenvalue weighted by atomic mass is 16.5. The Morgan fingerprint density at radius 1 is 1.39 bits per heavy atom. The first-order valence-electron chi connectivity index (χ1n) is 5.94. The first-order chi connectivity index (χ1) is 8.76. The molecule has 0 aromatic heterocycles. The van der Waals surface area contributed by atoms with Crippen LogP contribution in [0.15, 0.2) is 11.8 Å². The van der Waals surface area contributed by atoms with Crippen molar-refractivity contribution in [2.75, 3.05) is 40.0 Å². The number of amides is 1. The molecule has 102 valence electrons. The monoisotopic (exact) mass is 255 g/mol. The quantitative estimate of drug-likeness (QED) is 0.330. The van der Waals surface area contributed by atoms with E-state index in [0.717, 1.165) is 6.42 Å². The van der Waals surface area contributed by atoms with Crippen molar-refractivity contribution in [3.05, 3.63) is 11.8 Å². The lowest BCUT2D eigenvalue weighted by atomic mass is 10.3. The predicted molar refractivity (Wildman–Crippen MR) is 67.7 cm³/mol. The molecule has 1 amide bonds. The molecule has 0 rings (SSSR count). The number of nitrogens with zero attached hydrogens (tertiary/aromatic N) is 1. The fourth-order valence-corrected chi connectivity index (χ4v) is 1.11. The van der Waals surface area contributed by atoms with Gasteiger partial charge in [0, 0.05) is 39.6 Å². The molecular weight excluding hydrogens is 234 g/mol. The summed E-state index contributed by atoms with van der Waals surface area (Å²) >= 11 is 0. The lowest BCUT2D eigenvalue weighted by Crippen LogP contribution is -2.28. The fraction of sp³-hybridized carbons (Fsp3) is 0.667. The molecule has 0 spiro atoms. The maximum atomic E-state index is 11.5. The second-order valence-corrected chi connectivity index (χ2v) is 3.42. The molecule has 0 aliphatic rings. The minimum atomic E-state index is -0.396. The Kier molecular flexibility index (Phi) is 10.8. The van der Waals surface area contributed by atoms with Crippen LogP contribution in [0, 0.1) is 11.3 Å². The summed E-state index contributed by atoms with van der Waals surface area (Å²) in [5.41, 5.74) is 0.0579. The van der Waals surface area contributed by atoms with Gasteiger partial charge in [-0.25, -0.2) is 0 Å². The van der Waals surface area contributed by atoms with Crippen LogP contribution in [0.5, 0.6) is 0 Å². The summed E-state index contributed by atoms with van der Waals surface area (Å²) in [6.45, 7) is 4.77. The molecule has 6 nitrogen and oxygen atoms in total. The molecule has 0 aromatic rings. The van der Waals surface area contributed by atoms with Crippen molar-refractivity contribution < 1.29 is 14.3 Å². The van der Waals surface area contributed by atoms with Gasteiger partial charge in [-0.2, -0.15) is 5.26 Å². The van der Waals surface area contributed by atoms with E-state index in [-0.39, 0.29) is 5.57 Å². The van der Waals surface area contributed by atoms with E-state index in [4.69, 9.17) is 14.7 Å². The van der Waals surface area contributed by atoms with E-state index in [9.17, 15) is 4.79 Å². The van der Waals surface area contributed by atoms with Crippen molar-refractivity contribution in [1.82, 2.24) is 10.6 Å². The molecule has 0 aliphatic heterocycles. The second-order valence-electron chi connectivity index (χ2n) is 3.42. The number of hydrogen-bond donors (Lipinski definition) is 2. The third kappa shape index (κ3) is 8.56. The standard InChI is InChI=1S/C12H21N3O3/c1-3-18-7-4-5-14-10-11(9-13)12(16)15-6-8-17-2/h10,14H,3-8H2,1-2H3,(H,15,16)/b11-10-. The highest BCUT2D eigenvalue weighted by molar-refractivity contribution is 5.97. The van der Waals surface area contributed by atoms with Gasteiger partial charge in [0.25, 0.3) is 5.91 Å². The van der Waals surface area contributed by atoms with Gasteiger partial charge in [-0.15, -0.1) is 0 Å². The molecular formula is C12H21N3O3. The van der Waals surface area contributed by atoms with E-state index in [1.807, 2.05) is 13.0 Å². The summed E-state index contributed by atoms with van der Waals surface area (Å²) in [5.74, 6) is -0.396. The van der Waals surface area contributed by atoms with Gasteiger partial charge in [0.1, 0.15) is 11.6 Å². The van der Waals surface area contributed by atoms with Crippen LogP contribution in [0.1, 0.15) is 13.3 Å². The predicted octanol–water partition coefficient (Wildman–Crippen LogP) is 0.173. The third-order valence-electron chi connectivity index (χ3n) is 2.02. The summed E-state index contributed by atoms with van der Waals surface area (Å²) in [7, 11) is 1.55. The van der Waals surface area contributed by atoms with Crippen molar-refractivity contribution in [3.63, 3.8) is 0 Å². The van der Waals surface area contributed by atoms with Crippen molar-refractivity contribution in [3.8, 4) is 6.07 Å². The number of nitrogens with one attached hydrogen (secondary N) is 2. The van der Waals surface area contributed by atoms with Crippen LogP contribution in [0.25, 0.3) is 0 Å². The van der Waals surface area contributed by atoms with Crippen LogP contribution in [-0.4, -0.2) is 45.9 Å². The zero-order valence-corrected chi connectivity index (χ0v) is 11.0. The molecule has 0 aliphatic carbocycles. The smallest absolute Gasteiger partial charge is 0.263 e. The van der Waals surface area contributed by atoms with Crippen molar-refractivity contribution in [2.24, 2.45) is 0 Å². The maximum absolute atomic E-state index is 11.5. The van der Waals surface area contributed by atoms with Crippen LogP contribution in [-0.2, 0) is 14.3 Å². The van der Waals surface area contributed by atoms with Gasteiger partial charge in [-0.05, 0) is 13.3 Å². The molecule has 18 heavy (non-hydrogen) atoms. The van der Waals surface area contributed by atoms with Gasteiger partial charge in [0.15, 0.2) is 0 Å². The molecule has 0 aromatic carbocycles. The molecule has 0 unspecified atom stereocenters. The molecule has 0 saturated heterocycles. The van der Waals surface area contributed by atoms with Gasteiger partial charge >= 0.3 is 0 Å². The van der Waals surface area contributed by atoms with Crippen LogP contribution >= 0.6 is 0 Å². The molecule has 0 heterocycles. The molecule has 0 radical (unpaired) electrons. The average molecular weight is 255 g/mol. The van der Waals surface area contributed by atoms with Gasteiger partial charge < -0.3 is 20.1 Å². The lowest BCUT2D eigenvalue weighted by Gasteiger charge is -2.04. The molecule has 0 atom stereocenters. The second kappa shape index (κ2) is 11.9. The van der Waals surface area contributed by atoms with Crippen molar-refractivity contribution in [2.45, 2.75) is 13.3 Å². The normalized spacial score (nSPS) is 10.8. The number of ether oxygens (including phenoxy) is 2. The van der Waals surface area contributed by atoms with Crippen molar-refractivity contribution >= 4 is 5.91 Å². The Morgan fingerprint density at radius 2 is 2.17 bits per heavy atom. The highest BCUT2D eigenvalue weighted by Crippen LogP contribution is 1.90. The van der Waals surface area contributed by atoms with E-state index in [0.29, 0.717) is 32.9 Å². The SMILES string of the molecule is CCOCCCN/C=C(/C#N)C(=O)NCCOC. The third-order valence-corrected chi connectivity index (χ3v) is 2.02.